The highest BCUT2D eigenvalue weighted by Crippen LogP contribution is 2.19. The predicted molar refractivity (Wildman–Crippen MR) is 96.2 cm³/mol. The van der Waals surface area contributed by atoms with E-state index in [0.717, 1.165) is 11.1 Å². The molecule has 0 spiro atoms. The van der Waals surface area contributed by atoms with E-state index in [9.17, 15) is 18.0 Å². The van der Waals surface area contributed by atoms with Crippen LogP contribution >= 0.6 is 0 Å². The SMILES string of the molecule is O=C(Cc1ccc(-c2ccccc2)cc1)N[C@@H](CCS(=O)(=O)O)C(=O)O. The van der Waals surface area contributed by atoms with Gasteiger partial charge in [0.2, 0.25) is 5.91 Å². The maximum atomic E-state index is 12.0. The van der Waals surface area contributed by atoms with E-state index >= 15 is 0 Å². The molecule has 0 saturated carbocycles. The Morgan fingerprint density at radius 2 is 1.54 bits per heavy atom. The Bertz CT molecular complexity index is 862. The van der Waals surface area contributed by atoms with Crippen LogP contribution in [0.1, 0.15) is 12.0 Å². The van der Waals surface area contributed by atoms with Crippen LogP contribution in [-0.4, -0.2) is 41.7 Å². The van der Waals surface area contributed by atoms with Crippen LogP contribution in [-0.2, 0) is 26.1 Å². The van der Waals surface area contributed by atoms with E-state index in [-0.39, 0.29) is 6.42 Å². The van der Waals surface area contributed by atoms with Gasteiger partial charge in [-0.1, -0.05) is 54.6 Å². The molecule has 0 heterocycles. The van der Waals surface area contributed by atoms with Gasteiger partial charge in [0, 0.05) is 0 Å². The first kappa shape index (κ1) is 19.6. The van der Waals surface area contributed by atoms with Crippen LogP contribution in [0.5, 0.6) is 0 Å². The molecule has 0 bridgehead atoms. The molecular weight excluding hydrogens is 358 g/mol. The van der Waals surface area contributed by atoms with Crippen molar-refractivity contribution in [1.82, 2.24) is 5.32 Å². The Balaban J connectivity index is 1.96. The van der Waals surface area contributed by atoms with Gasteiger partial charge in [-0.15, -0.1) is 0 Å². The molecule has 1 atom stereocenters. The molecule has 2 aromatic rings. The molecule has 0 aliphatic rings. The monoisotopic (exact) mass is 377 g/mol. The third-order valence-corrected chi connectivity index (χ3v) is 4.48. The summed E-state index contributed by atoms with van der Waals surface area (Å²) in [5, 5.41) is 11.3. The van der Waals surface area contributed by atoms with Crippen LogP contribution in [0.15, 0.2) is 54.6 Å². The molecule has 0 saturated heterocycles. The molecule has 138 valence electrons. The molecular formula is C18H19NO6S. The lowest BCUT2D eigenvalue weighted by Gasteiger charge is -2.14. The highest BCUT2D eigenvalue weighted by atomic mass is 32.2. The number of benzene rings is 2. The number of hydrogen-bond acceptors (Lipinski definition) is 4. The average Bonchev–Trinajstić information content (AvgIpc) is 2.59. The van der Waals surface area contributed by atoms with Gasteiger partial charge in [-0.3, -0.25) is 9.35 Å². The summed E-state index contributed by atoms with van der Waals surface area (Å²) in [7, 11) is -4.29. The van der Waals surface area contributed by atoms with Crippen LogP contribution in [0.3, 0.4) is 0 Å². The Morgan fingerprint density at radius 3 is 2.08 bits per heavy atom. The summed E-state index contributed by atoms with van der Waals surface area (Å²) in [6.07, 6.45) is -0.447. The zero-order valence-electron chi connectivity index (χ0n) is 13.8. The van der Waals surface area contributed by atoms with Gasteiger partial charge in [0.05, 0.1) is 12.2 Å². The number of amides is 1. The van der Waals surface area contributed by atoms with E-state index in [4.69, 9.17) is 9.66 Å². The van der Waals surface area contributed by atoms with E-state index < -0.39 is 40.2 Å². The zero-order valence-corrected chi connectivity index (χ0v) is 14.6. The topological polar surface area (TPSA) is 121 Å². The fourth-order valence-corrected chi connectivity index (χ4v) is 2.93. The fraction of sp³-hybridized carbons (Fsp3) is 0.222. The Hall–Kier alpha value is -2.71. The van der Waals surface area contributed by atoms with E-state index in [1.165, 1.54) is 0 Å². The normalized spacial score (nSPS) is 12.3. The van der Waals surface area contributed by atoms with Gasteiger partial charge >= 0.3 is 5.97 Å². The minimum atomic E-state index is -4.29. The van der Waals surface area contributed by atoms with Crippen molar-refractivity contribution in [2.75, 3.05) is 5.75 Å². The summed E-state index contributed by atoms with van der Waals surface area (Å²) in [5.74, 6) is -2.64. The first-order chi connectivity index (χ1) is 12.2. The van der Waals surface area contributed by atoms with Crippen LogP contribution in [0.2, 0.25) is 0 Å². The van der Waals surface area contributed by atoms with E-state index in [1.54, 1.807) is 12.1 Å². The lowest BCUT2D eigenvalue weighted by molar-refractivity contribution is -0.141. The molecule has 2 aromatic carbocycles. The lowest BCUT2D eigenvalue weighted by Crippen LogP contribution is -2.42. The molecule has 7 nitrogen and oxygen atoms in total. The third kappa shape index (κ3) is 6.30. The van der Waals surface area contributed by atoms with Crippen LogP contribution in [0.4, 0.5) is 0 Å². The van der Waals surface area contributed by atoms with Crippen molar-refractivity contribution in [1.29, 1.82) is 0 Å². The molecule has 8 heteroatoms. The van der Waals surface area contributed by atoms with Crippen molar-refractivity contribution in [3.05, 3.63) is 60.2 Å². The van der Waals surface area contributed by atoms with Gasteiger partial charge < -0.3 is 10.4 Å². The van der Waals surface area contributed by atoms with E-state index in [0.29, 0.717) is 5.56 Å². The number of rotatable bonds is 8. The second kappa shape index (κ2) is 8.59. The molecule has 0 radical (unpaired) electrons. The van der Waals surface area contributed by atoms with Crippen LogP contribution in [0.25, 0.3) is 11.1 Å². The number of nitrogens with one attached hydrogen (secondary N) is 1. The summed E-state index contributed by atoms with van der Waals surface area (Å²) >= 11 is 0. The predicted octanol–water partition coefficient (Wildman–Crippen LogP) is 1.74. The number of hydrogen-bond donors (Lipinski definition) is 3. The zero-order chi connectivity index (χ0) is 19.2. The summed E-state index contributed by atoms with van der Waals surface area (Å²) < 4.78 is 30.2. The quantitative estimate of drug-likeness (QED) is 0.603. The summed E-state index contributed by atoms with van der Waals surface area (Å²) in [5.41, 5.74) is 2.73. The summed E-state index contributed by atoms with van der Waals surface area (Å²) in [6, 6.07) is 15.6. The molecule has 3 N–H and O–H groups in total. The third-order valence-electron chi connectivity index (χ3n) is 3.72. The van der Waals surface area contributed by atoms with Gasteiger partial charge in [0.15, 0.2) is 0 Å². The Labute approximate surface area is 151 Å². The largest absolute Gasteiger partial charge is 0.480 e. The fourth-order valence-electron chi connectivity index (χ4n) is 2.40. The Morgan fingerprint density at radius 1 is 0.962 bits per heavy atom. The molecule has 26 heavy (non-hydrogen) atoms. The number of carboxylic acid groups (broad SMARTS) is 1. The first-order valence-electron chi connectivity index (χ1n) is 7.86. The lowest BCUT2D eigenvalue weighted by atomic mass is 10.0. The molecule has 0 aromatic heterocycles. The Kier molecular flexibility index (Phi) is 6.48. The average molecular weight is 377 g/mol. The van der Waals surface area contributed by atoms with Crippen LogP contribution < -0.4 is 5.32 Å². The van der Waals surface area contributed by atoms with Gasteiger partial charge in [0.1, 0.15) is 6.04 Å². The molecule has 0 unspecified atom stereocenters. The standard InChI is InChI=1S/C18H19NO6S/c20-17(19-16(18(21)22)10-11-26(23,24)25)12-13-6-8-15(9-7-13)14-4-2-1-3-5-14/h1-9,16H,10-12H2,(H,19,20)(H,21,22)(H,23,24,25)/t16-/m0/s1. The number of carbonyl (C=O) groups is 2. The van der Waals surface area contributed by atoms with Crippen molar-refractivity contribution in [2.24, 2.45) is 0 Å². The number of carbonyl (C=O) groups excluding carboxylic acids is 1. The molecule has 0 aliphatic carbocycles. The minimum absolute atomic E-state index is 0.0370. The maximum absolute atomic E-state index is 12.0. The minimum Gasteiger partial charge on any atom is -0.480 e. The first-order valence-corrected chi connectivity index (χ1v) is 9.47. The van der Waals surface area contributed by atoms with E-state index in [2.05, 4.69) is 5.32 Å². The number of aliphatic carboxylic acids is 1. The molecule has 2 rings (SSSR count). The van der Waals surface area contributed by atoms with Crippen molar-refractivity contribution in [3.8, 4) is 11.1 Å². The van der Waals surface area contributed by atoms with Gasteiger partial charge in [-0.05, 0) is 23.1 Å². The number of carboxylic acids is 1. The summed E-state index contributed by atoms with van der Waals surface area (Å²) in [4.78, 5) is 23.1. The van der Waals surface area contributed by atoms with Crippen molar-refractivity contribution >= 4 is 22.0 Å². The highest BCUT2D eigenvalue weighted by molar-refractivity contribution is 7.85. The van der Waals surface area contributed by atoms with E-state index in [1.807, 2.05) is 42.5 Å². The van der Waals surface area contributed by atoms with Gasteiger partial charge in [0.25, 0.3) is 10.1 Å². The maximum Gasteiger partial charge on any atom is 0.326 e. The molecule has 0 fully saturated rings. The molecule has 0 aliphatic heterocycles. The second-order valence-electron chi connectivity index (χ2n) is 5.77. The van der Waals surface area contributed by atoms with Crippen molar-refractivity contribution < 1.29 is 27.7 Å². The van der Waals surface area contributed by atoms with Crippen molar-refractivity contribution in [2.45, 2.75) is 18.9 Å². The van der Waals surface area contributed by atoms with Gasteiger partial charge in [-0.2, -0.15) is 8.42 Å². The second-order valence-corrected chi connectivity index (χ2v) is 7.34. The highest BCUT2D eigenvalue weighted by Gasteiger charge is 2.22. The van der Waals surface area contributed by atoms with Crippen molar-refractivity contribution in [3.63, 3.8) is 0 Å². The smallest absolute Gasteiger partial charge is 0.326 e. The van der Waals surface area contributed by atoms with Crippen LogP contribution in [0, 0.1) is 0 Å². The van der Waals surface area contributed by atoms with Gasteiger partial charge in [-0.25, -0.2) is 4.79 Å². The summed E-state index contributed by atoms with van der Waals surface area (Å²) in [6.45, 7) is 0. The molecule has 1 amide bonds.